The van der Waals surface area contributed by atoms with Crippen LogP contribution in [0.1, 0.15) is 11.1 Å². The zero-order valence-corrected chi connectivity index (χ0v) is 19.7. The highest BCUT2D eigenvalue weighted by molar-refractivity contribution is 8.18. The maximum Gasteiger partial charge on any atom is 0.269 e. The molecule has 0 aliphatic carbocycles. The molecule has 1 saturated heterocycles. The number of nitrogens with zero attached hydrogens (tertiary/aromatic N) is 2. The van der Waals surface area contributed by atoms with E-state index in [1.807, 2.05) is 0 Å². The molecule has 178 valence electrons. The zero-order chi connectivity index (χ0) is 24.9. The molecule has 35 heavy (non-hydrogen) atoms. The van der Waals surface area contributed by atoms with Crippen molar-refractivity contribution >= 4 is 51.9 Å². The molecule has 11 heteroatoms. The van der Waals surface area contributed by atoms with Crippen molar-refractivity contribution in [2.75, 3.05) is 7.11 Å². The maximum atomic E-state index is 13.1. The molecule has 0 unspecified atom stereocenters. The number of nitro groups is 1. The number of methoxy groups -OCH3 is 1. The summed E-state index contributed by atoms with van der Waals surface area (Å²) in [6, 6.07) is 14.9. The summed E-state index contributed by atoms with van der Waals surface area (Å²) in [5.41, 5.74) is 1.82. The van der Waals surface area contributed by atoms with E-state index in [9.17, 15) is 19.3 Å². The van der Waals surface area contributed by atoms with Crippen LogP contribution in [0.4, 0.5) is 15.8 Å². The normalized spacial score (nSPS) is 15.3. The number of non-ortho nitro benzene ring substituents is 1. The molecule has 3 aromatic carbocycles. The molecule has 0 bridgehead atoms. The Labute approximate surface area is 208 Å². The number of amides is 1. The number of thioether (sulfide) groups is 1. The highest BCUT2D eigenvalue weighted by Gasteiger charge is 2.24. The van der Waals surface area contributed by atoms with Crippen LogP contribution >= 0.6 is 23.4 Å². The van der Waals surface area contributed by atoms with Crippen molar-refractivity contribution in [3.05, 3.63) is 97.6 Å². The van der Waals surface area contributed by atoms with Crippen molar-refractivity contribution in [2.45, 2.75) is 6.61 Å². The third kappa shape index (κ3) is 5.97. The van der Waals surface area contributed by atoms with Crippen LogP contribution in [0, 0.1) is 15.9 Å². The lowest BCUT2D eigenvalue weighted by Crippen LogP contribution is -2.19. The van der Waals surface area contributed by atoms with E-state index in [0.29, 0.717) is 38.4 Å². The molecule has 8 nitrogen and oxygen atoms in total. The van der Waals surface area contributed by atoms with Crippen molar-refractivity contribution < 1.29 is 23.6 Å². The summed E-state index contributed by atoms with van der Waals surface area (Å²) in [5.74, 6) is -0.0419. The van der Waals surface area contributed by atoms with Crippen molar-refractivity contribution in [3.8, 4) is 11.5 Å². The second kappa shape index (κ2) is 10.6. The molecule has 4 rings (SSSR count). The van der Waals surface area contributed by atoms with E-state index in [4.69, 9.17) is 21.1 Å². The van der Waals surface area contributed by atoms with Gasteiger partial charge in [0.1, 0.15) is 12.4 Å². The van der Waals surface area contributed by atoms with Crippen LogP contribution in [0.25, 0.3) is 6.08 Å². The number of carbonyl (C=O) groups excluding carboxylic acids is 1. The topological polar surface area (TPSA) is 103 Å². The van der Waals surface area contributed by atoms with Gasteiger partial charge in [-0.1, -0.05) is 11.6 Å². The molecule has 1 heterocycles. The third-order valence-electron chi connectivity index (χ3n) is 4.79. The third-order valence-corrected chi connectivity index (χ3v) is 5.98. The molecule has 1 N–H and O–H groups in total. The Balaban J connectivity index is 1.50. The molecule has 1 aliphatic heterocycles. The molecule has 0 spiro atoms. The monoisotopic (exact) mass is 513 g/mol. The maximum absolute atomic E-state index is 13.1. The zero-order valence-electron chi connectivity index (χ0n) is 18.2. The molecular weight excluding hydrogens is 497 g/mol. The fourth-order valence-electron chi connectivity index (χ4n) is 3.10. The first kappa shape index (κ1) is 24.2. The SMILES string of the molecule is COc1cc(/C=C2/SC(=Nc3ccc(F)cc3)NC2=O)cc(Cl)c1OCc1ccc([N+](=O)[O-])cc1. The Bertz CT molecular complexity index is 1340. The average molecular weight is 514 g/mol. The number of hydrogen-bond donors (Lipinski definition) is 1. The molecule has 1 aliphatic rings. The second-order valence-corrected chi connectivity index (χ2v) is 8.64. The van der Waals surface area contributed by atoms with Gasteiger partial charge in [-0.05, 0) is 77.5 Å². The van der Waals surface area contributed by atoms with E-state index < -0.39 is 4.92 Å². The van der Waals surface area contributed by atoms with Crippen LogP contribution < -0.4 is 14.8 Å². The van der Waals surface area contributed by atoms with Gasteiger partial charge in [-0.2, -0.15) is 0 Å². The van der Waals surface area contributed by atoms with Crippen LogP contribution in [-0.4, -0.2) is 23.1 Å². The number of ether oxygens (including phenoxy) is 2. The van der Waals surface area contributed by atoms with Gasteiger partial charge in [0.15, 0.2) is 16.7 Å². The molecule has 0 atom stereocenters. The number of rotatable bonds is 7. The first-order chi connectivity index (χ1) is 16.8. The summed E-state index contributed by atoms with van der Waals surface area (Å²) in [4.78, 5) is 27.4. The number of benzene rings is 3. The molecule has 0 saturated carbocycles. The Hall–Kier alpha value is -3.89. The molecule has 3 aromatic rings. The first-order valence-electron chi connectivity index (χ1n) is 10.1. The van der Waals surface area contributed by atoms with Gasteiger partial charge < -0.3 is 14.8 Å². The smallest absolute Gasteiger partial charge is 0.269 e. The highest BCUT2D eigenvalue weighted by atomic mass is 35.5. The summed E-state index contributed by atoms with van der Waals surface area (Å²) in [5, 5.41) is 14.1. The van der Waals surface area contributed by atoms with Crippen molar-refractivity contribution in [1.29, 1.82) is 0 Å². The molecule has 0 radical (unpaired) electrons. The second-order valence-electron chi connectivity index (χ2n) is 7.20. The van der Waals surface area contributed by atoms with E-state index in [-0.39, 0.29) is 29.0 Å². The minimum absolute atomic E-state index is 0.0126. The van der Waals surface area contributed by atoms with E-state index in [0.717, 1.165) is 11.8 Å². The van der Waals surface area contributed by atoms with Crippen LogP contribution in [0.5, 0.6) is 11.5 Å². The largest absolute Gasteiger partial charge is 0.493 e. The Kier molecular flexibility index (Phi) is 7.33. The van der Waals surface area contributed by atoms with Crippen LogP contribution in [0.15, 0.2) is 70.6 Å². The number of halogens is 2. The molecule has 0 aromatic heterocycles. The fourth-order valence-corrected chi connectivity index (χ4v) is 4.21. The van der Waals surface area contributed by atoms with E-state index in [2.05, 4.69) is 10.3 Å². The molecule has 1 fully saturated rings. The van der Waals surface area contributed by atoms with Gasteiger partial charge in [0.05, 0.1) is 27.6 Å². The Morgan fingerprint density at radius 2 is 1.89 bits per heavy atom. The van der Waals surface area contributed by atoms with Gasteiger partial charge >= 0.3 is 0 Å². The van der Waals surface area contributed by atoms with Gasteiger partial charge in [0.25, 0.3) is 11.6 Å². The van der Waals surface area contributed by atoms with E-state index in [1.165, 1.54) is 43.5 Å². The summed E-state index contributed by atoms with van der Waals surface area (Å²) < 4.78 is 24.3. The minimum atomic E-state index is -0.474. The molecular formula is C24H17ClFN3O5S. The fraction of sp³-hybridized carbons (Fsp3) is 0.0833. The summed E-state index contributed by atoms with van der Waals surface area (Å²) in [6.45, 7) is 0.121. The summed E-state index contributed by atoms with van der Waals surface area (Å²) in [6.07, 6.45) is 1.64. The summed E-state index contributed by atoms with van der Waals surface area (Å²) >= 11 is 7.57. The van der Waals surface area contributed by atoms with Crippen molar-refractivity contribution in [1.82, 2.24) is 5.32 Å². The van der Waals surface area contributed by atoms with Gasteiger partial charge in [-0.25, -0.2) is 9.38 Å². The molecule has 1 amide bonds. The lowest BCUT2D eigenvalue weighted by atomic mass is 10.1. The predicted octanol–water partition coefficient (Wildman–Crippen LogP) is 5.87. The van der Waals surface area contributed by atoms with E-state index >= 15 is 0 Å². The summed E-state index contributed by atoms with van der Waals surface area (Å²) in [7, 11) is 1.46. The van der Waals surface area contributed by atoms with Crippen LogP contribution in [0.2, 0.25) is 5.02 Å². The number of nitro benzene ring substituents is 1. The van der Waals surface area contributed by atoms with Gasteiger partial charge in [0, 0.05) is 12.1 Å². The number of aliphatic imine (C=N–C) groups is 1. The van der Waals surface area contributed by atoms with Gasteiger partial charge in [0.2, 0.25) is 0 Å². The minimum Gasteiger partial charge on any atom is -0.493 e. The quantitative estimate of drug-likeness (QED) is 0.241. The van der Waals surface area contributed by atoms with Gasteiger partial charge in [-0.3, -0.25) is 14.9 Å². The lowest BCUT2D eigenvalue weighted by Gasteiger charge is -2.13. The van der Waals surface area contributed by atoms with Gasteiger partial charge in [-0.15, -0.1) is 0 Å². The number of nitrogens with one attached hydrogen (secondary N) is 1. The number of amidine groups is 1. The van der Waals surface area contributed by atoms with Crippen molar-refractivity contribution in [3.63, 3.8) is 0 Å². The lowest BCUT2D eigenvalue weighted by molar-refractivity contribution is -0.384. The van der Waals surface area contributed by atoms with Crippen LogP contribution in [0.3, 0.4) is 0 Å². The average Bonchev–Trinajstić information content (AvgIpc) is 3.18. The first-order valence-corrected chi connectivity index (χ1v) is 11.3. The predicted molar refractivity (Wildman–Crippen MR) is 133 cm³/mol. The van der Waals surface area contributed by atoms with Crippen LogP contribution in [-0.2, 0) is 11.4 Å². The standard InChI is InChI=1S/C24H17ClFN3O5S/c1-33-20-11-15(10-19(25)22(20)34-13-14-2-8-18(9-3-14)29(31)32)12-21-23(30)28-24(35-21)27-17-6-4-16(26)5-7-17/h2-12H,13H2,1H3,(H,27,28,30)/b21-12+. The Morgan fingerprint density at radius 1 is 1.17 bits per heavy atom. The highest BCUT2D eigenvalue weighted by Crippen LogP contribution is 2.38. The Morgan fingerprint density at radius 3 is 2.54 bits per heavy atom. The van der Waals surface area contributed by atoms with E-state index in [1.54, 1.807) is 30.3 Å². The number of carbonyl (C=O) groups is 1. The number of hydrogen-bond acceptors (Lipinski definition) is 7. The van der Waals surface area contributed by atoms with Crippen molar-refractivity contribution in [2.24, 2.45) is 4.99 Å².